The van der Waals surface area contributed by atoms with Gasteiger partial charge in [0.25, 0.3) is 5.91 Å². The van der Waals surface area contributed by atoms with Gasteiger partial charge >= 0.3 is 0 Å². The Kier molecular flexibility index (Phi) is 4.34. The minimum Gasteiger partial charge on any atom is -0.459 e. The summed E-state index contributed by atoms with van der Waals surface area (Å²) in [6, 6.07) is 10.2. The molecule has 0 spiro atoms. The molecule has 2 aliphatic rings. The molecule has 2 saturated heterocycles. The standard InChI is InChI=1S/C18H20N2O5S/c1-13-4-2-5-16(8-13)26(22,23)20-11-14-9-19(10-15(12-20)25-14)18(21)17-6-3-7-24-17/h2-8,14-15H,9-12H2,1H3. The fourth-order valence-corrected chi connectivity index (χ4v) is 5.11. The Morgan fingerprint density at radius 1 is 1.08 bits per heavy atom. The van der Waals surface area contributed by atoms with Crippen molar-refractivity contribution in [1.82, 2.24) is 9.21 Å². The molecule has 1 aromatic carbocycles. The molecule has 0 saturated carbocycles. The van der Waals surface area contributed by atoms with Gasteiger partial charge in [0.05, 0.1) is 23.4 Å². The van der Waals surface area contributed by atoms with Gasteiger partial charge in [-0.2, -0.15) is 4.31 Å². The van der Waals surface area contributed by atoms with Crippen LogP contribution in [0.1, 0.15) is 16.1 Å². The number of carbonyl (C=O) groups excluding carboxylic acids is 1. The van der Waals surface area contributed by atoms with E-state index < -0.39 is 10.0 Å². The lowest BCUT2D eigenvalue weighted by molar-refractivity contribution is -0.113. The molecule has 2 atom stereocenters. The van der Waals surface area contributed by atoms with Gasteiger partial charge in [-0.25, -0.2) is 8.42 Å². The van der Waals surface area contributed by atoms with E-state index in [0.717, 1.165) is 5.56 Å². The van der Waals surface area contributed by atoms with Crippen LogP contribution in [0.3, 0.4) is 0 Å². The summed E-state index contributed by atoms with van der Waals surface area (Å²) in [6.07, 6.45) is 0.770. The average Bonchev–Trinajstić information content (AvgIpc) is 3.14. The first-order valence-corrected chi connectivity index (χ1v) is 9.92. The molecule has 2 fully saturated rings. The summed E-state index contributed by atoms with van der Waals surface area (Å²) in [4.78, 5) is 14.4. The van der Waals surface area contributed by atoms with Crippen molar-refractivity contribution in [3.63, 3.8) is 0 Å². The van der Waals surface area contributed by atoms with Gasteiger partial charge in [0.1, 0.15) is 0 Å². The van der Waals surface area contributed by atoms with Gasteiger partial charge in [-0.05, 0) is 36.8 Å². The van der Waals surface area contributed by atoms with Crippen molar-refractivity contribution >= 4 is 15.9 Å². The molecule has 2 aliphatic heterocycles. The van der Waals surface area contributed by atoms with Crippen LogP contribution in [-0.4, -0.2) is 61.9 Å². The first kappa shape index (κ1) is 17.3. The molecule has 26 heavy (non-hydrogen) atoms. The highest BCUT2D eigenvalue weighted by Gasteiger charge is 2.41. The zero-order valence-electron chi connectivity index (χ0n) is 14.4. The van der Waals surface area contributed by atoms with Crippen molar-refractivity contribution in [2.45, 2.75) is 24.0 Å². The van der Waals surface area contributed by atoms with Gasteiger partial charge in [0.2, 0.25) is 10.0 Å². The minimum atomic E-state index is -3.58. The van der Waals surface area contributed by atoms with Crippen LogP contribution in [0, 0.1) is 6.92 Å². The lowest BCUT2D eigenvalue weighted by atomic mass is 10.1. The normalized spacial score (nSPS) is 23.8. The van der Waals surface area contributed by atoms with E-state index in [4.69, 9.17) is 9.15 Å². The van der Waals surface area contributed by atoms with Crippen LogP contribution in [0.15, 0.2) is 52.0 Å². The summed E-state index contributed by atoms with van der Waals surface area (Å²) in [5, 5.41) is 0. The molecule has 4 rings (SSSR count). The van der Waals surface area contributed by atoms with Gasteiger partial charge < -0.3 is 14.1 Å². The Balaban J connectivity index is 1.51. The first-order chi connectivity index (χ1) is 12.4. The van der Waals surface area contributed by atoms with Crippen molar-refractivity contribution in [2.75, 3.05) is 26.2 Å². The lowest BCUT2D eigenvalue weighted by Gasteiger charge is -2.44. The van der Waals surface area contributed by atoms with Gasteiger partial charge in [0.15, 0.2) is 5.76 Å². The Bertz CT molecular complexity index is 895. The van der Waals surface area contributed by atoms with Crippen LogP contribution in [0.5, 0.6) is 0 Å². The van der Waals surface area contributed by atoms with Crippen molar-refractivity contribution in [2.24, 2.45) is 0 Å². The summed E-state index contributed by atoms with van der Waals surface area (Å²) in [6.45, 7) is 3.01. The minimum absolute atomic E-state index is 0.191. The molecule has 1 amide bonds. The Hall–Kier alpha value is -2.16. The number of ether oxygens (including phenoxy) is 1. The van der Waals surface area contributed by atoms with Crippen LogP contribution in [-0.2, 0) is 14.8 Å². The number of carbonyl (C=O) groups is 1. The van der Waals surface area contributed by atoms with E-state index in [2.05, 4.69) is 0 Å². The molecule has 0 radical (unpaired) electrons. The maximum atomic E-state index is 12.9. The summed E-state index contributed by atoms with van der Waals surface area (Å²) in [5.41, 5.74) is 0.898. The third-order valence-corrected chi connectivity index (χ3v) is 6.52. The van der Waals surface area contributed by atoms with Crippen LogP contribution in [0.4, 0.5) is 0 Å². The number of aryl methyl sites for hydroxylation is 1. The molecule has 3 heterocycles. The van der Waals surface area contributed by atoms with Gasteiger partial charge in [-0.3, -0.25) is 4.79 Å². The monoisotopic (exact) mass is 376 g/mol. The van der Waals surface area contributed by atoms with Gasteiger partial charge in [-0.15, -0.1) is 0 Å². The van der Waals surface area contributed by atoms with Crippen LogP contribution >= 0.6 is 0 Å². The second kappa shape index (κ2) is 6.53. The van der Waals surface area contributed by atoms with E-state index in [-0.39, 0.29) is 37.0 Å². The Morgan fingerprint density at radius 3 is 2.42 bits per heavy atom. The quantitative estimate of drug-likeness (QED) is 0.811. The van der Waals surface area contributed by atoms with E-state index in [1.54, 1.807) is 35.2 Å². The maximum Gasteiger partial charge on any atom is 0.289 e. The molecule has 7 nitrogen and oxygen atoms in total. The number of fused-ring (bicyclic) bond motifs is 2. The average molecular weight is 376 g/mol. The Morgan fingerprint density at radius 2 is 1.81 bits per heavy atom. The van der Waals surface area contributed by atoms with Crippen LogP contribution in [0.2, 0.25) is 0 Å². The number of hydrogen-bond donors (Lipinski definition) is 0. The molecule has 2 bridgehead atoms. The van der Waals surface area contributed by atoms with Crippen LogP contribution in [0.25, 0.3) is 0 Å². The number of benzene rings is 1. The van der Waals surface area contributed by atoms with E-state index in [9.17, 15) is 13.2 Å². The van der Waals surface area contributed by atoms with Crippen molar-refractivity contribution in [3.8, 4) is 0 Å². The van der Waals surface area contributed by atoms with Gasteiger partial charge in [-0.1, -0.05) is 12.1 Å². The zero-order valence-corrected chi connectivity index (χ0v) is 15.2. The smallest absolute Gasteiger partial charge is 0.289 e. The summed E-state index contributed by atoms with van der Waals surface area (Å²) >= 11 is 0. The lowest BCUT2D eigenvalue weighted by Crippen LogP contribution is -2.61. The fourth-order valence-electron chi connectivity index (χ4n) is 3.50. The molecule has 0 N–H and O–H groups in total. The predicted molar refractivity (Wildman–Crippen MR) is 93.2 cm³/mol. The summed E-state index contributed by atoms with van der Waals surface area (Å²) in [7, 11) is -3.58. The van der Waals surface area contributed by atoms with E-state index in [0.29, 0.717) is 18.0 Å². The molecular formula is C18H20N2O5S. The SMILES string of the molecule is Cc1cccc(S(=O)(=O)N2CC3CN(C(=O)c4ccco4)CC(C2)O3)c1. The molecule has 138 valence electrons. The third-order valence-electron chi connectivity index (χ3n) is 4.69. The largest absolute Gasteiger partial charge is 0.459 e. The summed E-state index contributed by atoms with van der Waals surface area (Å²) < 4.78 is 38.4. The highest BCUT2D eigenvalue weighted by molar-refractivity contribution is 7.89. The van der Waals surface area contributed by atoms with Crippen molar-refractivity contribution < 1.29 is 22.4 Å². The third kappa shape index (κ3) is 3.15. The van der Waals surface area contributed by atoms with E-state index in [1.165, 1.54) is 10.6 Å². The molecule has 0 aliphatic carbocycles. The second-order valence-corrected chi connectivity index (χ2v) is 8.64. The maximum absolute atomic E-state index is 12.9. The molecule has 1 aromatic heterocycles. The molecule has 8 heteroatoms. The van der Waals surface area contributed by atoms with Crippen LogP contribution < -0.4 is 0 Å². The first-order valence-electron chi connectivity index (χ1n) is 8.48. The molecule has 2 unspecified atom stereocenters. The number of amides is 1. The van der Waals surface area contributed by atoms with E-state index in [1.807, 2.05) is 13.0 Å². The number of rotatable bonds is 3. The van der Waals surface area contributed by atoms with E-state index >= 15 is 0 Å². The predicted octanol–water partition coefficient (Wildman–Crippen LogP) is 1.50. The Labute approximate surface area is 152 Å². The molecular weight excluding hydrogens is 356 g/mol. The second-order valence-electron chi connectivity index (χ2n) is 6.71. The van der Waals surface area contributed by atoms with Gasteiger partial charge in [0, 0.05) is 26.2 Å². The summed E-state index contributed by atoms with van der Waals surface area (Å²) in [5.74, 6) is 0.0949. The van der Waals surface area contributed by atoms with Crippen molar-refractivity contribution in [1.29, 1.82) is 0 Å². The topological polar surface area (TPSA) is 80.1 Å². The fraction of sp³-hybridized carbons (Fsp3) is 0.389. The number of sulfonamides is 1. The highest BCUT2D eigenvalue weighted by atomic mass is 32.2. The molecule has 2 aromatic rings. The zero-order chi connectivity index (χ0) is 18.3. The number of nitrogens with zero attached hydrogens (tertiary/aromatic N) is 2. The number of hydrogen-bond acceptors (Lipinski definition) is 5. The van der Waals surface area contributed by atoms with Crippen molar-refractivity contribution in [3.05, 3.63) is 54.0 Å². The number of furan rings is 1. The highest BCUT2D eigenvalue weighted by Crippen LogP contribution is 2.26. The number of morpholine rings is 2.